The summed E-state index contributed by atoms with van der Waals surface area (Å²) in [7, 11) is 3.91. The average molecular weight is 325 g/mol. The summed E-state index contributed by atoms with van der Waals surface area (Å²) >= 11 is 1.48. The van der Waals surface area contributed by atoms with Crippen LogP contribution in [0, 0.1) is 11.8 Å². The first-order chi connectivity index (χ1) is 11.1. The fraction of sp³-hybridized carbons (Fsp3) is 0.333. The summed E-state index contributed by atoms with van der Waals surface area (Å²) in [5, 5.41) is 1.01. The fourth-order valence-corrected chi connectivity index (χ4v) is 3.46. The van der Waals surface area contributed by atoms with Crippen LogP contribution in [0.25, 0.3) is 20.3 Å². The molecule has 0 saturated carbocycles. The molecular weight excluding hydrogens is 306 g/mol. The number of nitrogens with one attached hydrogen (secondary N) is 1. The smallest absolute Gasteiger partial charge is 0.268 e. The van der Waals surface area contributed by atoms with Crippen molar-refractivity contribution in [2.75, 3.05) is 14.1 Å². The molecule has 2 aromatic heterocycles. The average Bonchev–Trinajstić information content (AvgIpc) is 2.86. The van der Waals surface area contributed by atoms with Gasteiger partial charge in [0.15, 0.2) is 0 Å². The van der Waals surface area contributed by atoms with Crippen LogP contribution in [0.4, 0.5) is 0 Å². The van der Waals surface area contributed by atoms with Gasteiger partial charge >= 0.3 is 0 Å². The molecule has 0 unspecified atom stereocenters. The number of fused-ring (bicyclic) bond motifs is 3. The molecule has 0 atom stereocenters. The number of hydrogen-bond acceptors (Lipinski definition) is 4. The molecule has 0 aliphatic heterocycles. The van der Waals surface area contributed by atoms with E-state index in [-0.39, 0.29) is 5.56 Å². The maximum atomic E-state index is 12.3. The van der Waals surface area contributed by atoms with Crippen molar-refractivity contribution in [3.05, 3.63) is 39.9 Å². The topological polar surface area (TPSA) is 49.0 Å². The van der Waals surface area contributed by atoms with E-state index >= 15 is 0 Å². The molecule has 3 aromatic rings. The van der Waals surface area contributed by atoms with Gasteiger partial charge in [0.1, 0.15) is 10.5 Å². The van der Waals surface area contributed by atoms with Gasteiger partial charge in [-0.05, 0) is 38.7 Å². The number of aromatic amines is 1. The summed E-state index contributed by atoms with van der Waals surface area (Å²) in [6, 6.07) is 6.08. The van der Waals surface area contributed by atoms with Crippen molar-refractivity contribution in [3.8, 4) is 11.8 Å². The number of unbranched alkanes of at least 4 members (excludes halogenated alkanes) is 1. The highest BCUT2D eigenvalue weighted by atomic mass is 32.1. The summed E-state index contributed by atoms with van der Waals surface area (Å²) in [4.78, 5) is 21.8. The van der Waals surface area contributed by atoms with Crippen molar-refractivity contribution in [1.29, 1.82) is 0 Å². The number of thiophene rings is 1. The lowest BCUT2D eigenvalue weighted by atomic mass is 10.1. The highest BCUT2D eigenvalue weighted by Gasteiger charge is 2.12. The third-order valence-electron chi connectivity index (χ3n) is 3.45. The van der Waals surface area contributed by atoms with Gasteiger partial charge in [-0.1, -0.05) is 18.8 Å². The molecule has 5 heteroatoms. The van der Waals surface area contributed by atoms with E-state index in [1.165, 1.54) is 11.3 Å². The van der Waals surface area contributed by atoms with Crippen LogP contribution in [0.1, 0.15) is 31.2 Å². The van der Waals surface area contributed by atoms with Crippen molar-refractivity contribution in [2.24, 2.45) is 0 Å². The molecular formula is C18H19N3OS. The van der Waals surface area contributed by atoms with Crippen molar-refractivity contribution in [2.45, 2.75) is 26.3 Å². The molecule has 0 fully saturated rings. The Kier molecular flexibility index (Phi) is 4.46. The highest BCUT2D eigenvalue weighted by molar-refractivity contribution is 7.25. The SMILES string of the molecule is CCCC#Cc1ccc2sc3c(=O)[nH]c(CN(C)C)nc3c2c1. The summed E-state index contributed by atoms with van der Waals surface area (Å²) in [5.41, 5.74) is 1.69. The summed E-state index contributed by atoms with van der Waals surface area (Å²) in [6.07, 6.45) is 1.95. The zero-order chi connectivity index (χ0) is 16.4. The molecule has 1 aromatic carbocycles. The molecule has 2 heterocycles. The first kappa shape index (κ1) is 15.7. The number of H-pyrrole nitrogens is 1. The maximum absolute atomic E-state index is 12.3. The lowest BCUT2D eigenvalue weighted by Crippen LogP contribution is -2.17. The van der Waals surface area contributed by atoms with E-state index < -0.39 is 0 Å². The van der Waals surface area contributed by atoms with Gasteiger partial charge < -0.3 is 9.88 Å². The van der Waals surface area contributed by atoms with Crippen LogP contribution in [0.15, 0.2) is 23.0 Å². The summed E-state index contributed by atoms with van der Waals surface area (Å²) in [5.74, 6) is 7.04. The van der Waals surface area contributed by atoms with E-state index in [2.05, 4.69) is 28.7 Å². The number of nitrogens with zero attached hydrogens (tertiary/aromatic N) is 2. The van der Waals surface area contributed by atoms with E-state index in [4.69, 9.17) is 0 Å². The molecule has 3 rings (SSSR count). The van der Waals surface area contributed by atoms with Gasteiger partial charge in [0.2, 0.25) is 0 Å². The van der Waals surface area contributed by atoms with Gasteiger partial charge in [-0.2, -0.15) is 0 Å². The van der Waals surface area contributed by atoms with Gasteiger partial charge in [-0.25, -0.2) is 4.98 Å². The zero-order valence-corrected chi connectivity index (χ0v) is 14.4. The Morgan fingerprint density at radius 1 is 1.35 bits per heavy atom. The van der Waals surface area contributed by atoms with Crippen LogP contribution < -0.4 is 5.56 Å². The van der Waals surface area contributed by atoms with E-state index in [1.54, 1.807) is 0 Å². The minimum absolute atomic E-state index is 0.0633. The Morgan fingerprint density at radius 3 is 2.91 bits per heavy atom. The van der Waals surface area contributed by atoms with Crippen LogP contribution in [0.2, 0.25) is 0 Å². The number of aromatic nitrogens is 2. The van der Waals surface area contributed by atoms with E-state index in [0.717, 1.165) is 34.0 Å². The summed E-state index contributed by atoms with van der Waals surface area (Å²) < 4.78 is 1.75. The molecule has 1 N–H and O–H groups in total. The van der Waals surface area contributed by atoms with Gasteiger partial charge in [0.05, 0.1) is 12.1 Å². The molecule has 118 valence electrons. The lowest BCUT2D eigenvalue weighted by Gasteiger charge is -2.08. The van der Waals surface area contributed by atoms with Crippen LogP contribution in [-0.4, -0.2) is 29.0 Å². The minimum Gasteiger partial charge on any atom is -0.308 e. The molecule has 0 aliphatic carbocycles. The Morgan fingerprint density at radius 2 is 2.17 bits per heavy atom. The molecule has 0 saturated heterocycles. The standard InChI is InChI=1S/C18H19N3OS/c1-4-5-6-7-12-8-9-14-13(10-12)16-17(23-14)18(22)20-15(19-16)11-21(2)3/h8-10H,4-5,11H2,1-3H3,(H,19,20,22). The quantitative estimate of drug-likeness (QED) is 0.751. The molecule has 0 aliphatic rings. The Balaban J connectivity index is 2.17. The van der Waals surface area contributed by atoms with Crippen LogP contribution in [-0.2, 0) is 6.54 Å². The molecule has 4 nitrogen and oxygen atoms in total. The highest BCUT2D eigenvalue weighted by Crippen LogP contribution is 2.31. The number of hydrogen-bond donors (Lipinski definition) is 1. The van der Waals surface area contributed by atoms with E-state index in [9.17, 15) is 4.79 Å². The molecule has 0 spiro atoms. The van der Waals surface area contributed by atoms with Crippen LogP contribution in [0.3, 0.4) is 0 Å². The van der Waals surface area contributed by atoms with Crippen molar-refractivity contribution in [3.63, 3.8) is 0 Å². The maximum Gasteiger partial charge on any atom is 0.268 e. The Bertz CT molecular complexity index is 973. The normalized spacial score (nSPS) is 11.1. The van der Waals surface area contributed by atoms with Gasteiger partial charge in [-0.3, -0.25) is 4.79 Å². The Labute approximate surface area is 139 Å². The third-order valence-corrected chi connectivity index (χ3v) is 4.61. The summed E-state index contributed by atoms with van der Waals surface area (Å²) in [6.45, 7) is 2.73. The minimum atomic E-state index is -0.0633. The predicted octanol–water partition coefficient (Wildman–Crippen LogP) is 3.35. The van der Waals surface area contributed by atoms with Gasteiger partial charge in [0, 0.05) is 22.1 Å². The molecule has 0 radical (unpaired) electrons. The predicted molar refractivity (Wildman–Crippen MR) is 96.9 cm³/mol. The largest absolute Gasteiger partial charge is 0.308 e. The number of benzene rings is 1. The molecule has 23 heavy (non-hydrogen) atoms. The van der Waals surface area contributed by atoms with Crippen molar-refractivity contribution in [1.82, 2.24) is 14.9 Å². The van der Waals surface area contributed by atoms with Crippen molar-refractivity contribution < 1.29 is 0 Å². The lowest BCUT2D eigenvalue weighted by molar-refractivity contribution is 0.390. The van der Waals surface area contributed by atoms with Crippen molar-refractivity contribution >= 4 is 31.6 Å². The number of rotatable bonds is 3. The second-order valence-corrected chi connectivity index (χ2v) is 6.85. The van der Waals surface area contributed by atoms with E-state index in [1.807, 2.05) is 37.2 Å². The van der Waals surface area contributed by atoms with E-state index in [0.29, 0.717) is 17.1 Å². The second-order valence-electron chi connectivity index (χ2n) is 5.79. The zero-order valence-electron chi connectivity index (χ0n) is 13.6. The van der Waals surface area contributed by atoms with Crippen LogP contribution >= 0.6 is 11.3 Å². The third kappa shape index (κ3) is 3.29. The van der Waals surface area contributed by atoms with Crippen LogP contribution in [0.5, 0.6) is 0 Å². The first-order valence-corrected chi connectivity index (χ1v) is 8.49. The first-order valence-electron chi connectivity index (χ1n) is 7.67. The molecule has 0 amide bonds. The molecule has 0 bridgehead atoms. The monoisotopic (exact) mass is 325 g/mol. The van der Waals surface area contributed by atoms with Gasteiger partial charge in [0.25, 0.3) is 5.56 Å². The fourth-order valence-electron chi connectivity index (χ4n) is 2.44. The Hall–Kier alpha value is -2.16. The van der Waals surface area contributed by atoms with Gasteiger partial charge in [-0.15, -0.1) is 11.3 Å². The second kappa shape index (κ2) is 6.53.